The normalized spacial score (nSPS) is 19.1. The molecule has 1 saturated heterocycles. The lowest BCUT2D eigenvalue weighted by Gasteiger charge is -2.32. The Hall–Kier alpha value is -1.63. The van der Waals surface area contributed by atoms with Gasteiger partial charge in [0, 0.05) is 21.7 Å². The zero-order valence-corrected chi connectivity index (χ0v) is 17.4. The molecule has 0 aliphatic carbocycles. The predicted molar refractivity (Wildman–Crippen MR) is 110 cm³/mol. The molecule has 3 rings (SSSR count). The minimum Gasteiger partial charge on any atom is -0.493 e. The van der Waals surface area contributed by atoms with E-state index in [0.29, 0.717) is 18.6 Å². The number of aryl methyl sites for hydroxylation is 1. The van der Waals surface area contributed by atoms with Crippen molar-refractivity contribution in [1.82, 2.24) is 0 Å². The molecule has 2 aromatic rings. The van der Waals surface area contributed by atoms with Gasteiger partial charge in [0.05, 0.1) is 17.8 Å². The van der Waals surface area contributed by atoms with Crippen LogP contribution in [-0.4, -0.2) is 24.9 Å². The molecule has 27 heavy (non-hydrogen) atoms. The number of benzene rings is 1. The summed E-state index contributed by atoms with van der Waals surface area (Å²) in [6.45, 7) is 10.1. The molecule has 1 aromatic heterocycles. The molecule has 144 valence electrons. The third kappa shape index (κ3) is 4.45. The lowest BCUT2D eigenvalue weighted by molar-refractivity contribution is 0.00578. The van der Waals surface area contributed by atoms with Crippen molar-refractivity contribution >= 4 is 24.0 Å². The molecule has 0 bridgehead atoms. The largest absolute Gasteiger partial charge is 0.525 e. The maximum absolute atomic E-state index is 15.5. The fraction of sp³-hybridized carbons (Fsp3) is 0.429. The Kier molecular flexibility index (Phi) is 5.80. The van der Waals surface area contributed by atoms with Crippen LogP contribution >= 0.6 is 11.3 Å². The third-order valence-corrected chi connectivity index (χ3v) is 6.21. The summed E-state index contributed by atoms with van der Waals surface area (Å²) in [5.74, 6) is 0.773. The molecular weight excluding hydrogens is 362 g/mol. The van der Waals surface area contributed by atoms with Crippen molar-refractivity contribution in [2.24, 2.45) is 0 Å². The highest BCUT2D eigenvalue weighted by molar-refractivity contribution is 7.13. The number of para-hydroxylation sites is 1. The lowest BCUT2D eigenvalue weighted by atomic mass is 9.83. The maximum atomic E-state index is 15.5. The van der Waals surface area contributed by atoms with Crippen molar-refractivity contribution in [3.63, 3.8) is 0 Å². The Bertz CT molecular complexity index is 798. The summed E-state index contributed by atoms with van der Waals surface area (Å²) in [4.78, 5) is 2.02. The van der Waals surface area contributed by atoms with Gasteiger partial charge in [-0.05, 0) is 58.9 Å². The predicted octanol–water partition coefficient (Wildman–Crippen LogP) is 5.84. The Balaban J connectivity index is 1.82. The first-order valence-corrected chi connectivity index (χ1v) is 10.00. The van der Waals surface area contributed by atoms with E-state index in [1.54, 1.807) is 11.3 Å². The highest BCUT2D eigenvalue weighted by atomic mass is 32.1. The molecule has 0 saturated carbocycles. The molecule has 0 spiro atoms. The molecule has 0 radical (unpaired) electrons. The van der Waals surface area contributed by atoms with Gasteiger partial charge in [-0.3, -0.25) is 0 Å². The maximum Gasteiger partial charge on any atom is 0.525 e. The number of hydrogen-bond donors (Lipinski definition) is 0. The number of hydrogen-bond acceptors (Lipinski definition) is 4. The first-order chi connectivity index (χ1) is 12.7. The summed E-state index contributed by atoms with van der Waals surface area (Å²) in [6.07, 6.45) is 0.435. The molecule has 1 fully saturated rings. The van der Waals surface area contributed by atoms with E-state index < -0.39 is 18.3 Å². The second kappa shape index (κ2) is 7.78. The van der Waals surface area contributed by atoms with Gasteiger partial charge < -0.3 is 14.0 Å². The van der Waals surface area contributed by atoms with E-state index in [1.807, 2.05) is 77.1 Å². The topological polar surface area (TPSA) is 27.7 Å². The summed E-state index contributed by atoms with van der Waals surface area (Å²) in [7, 11) is -0.996. The molecule has 2 heterocycles. The molecule has 1 aromatic carbocycles. The highest BCUT2D eigenvalue weighted by Gasteiger charge is 2.53. The van der Waals surface area contributed by atoms with Crippen LogP contribution in [-0.2, 0) is 9.31 Å². The number of rotatable bonds is 6. The number of thiophene rings is 1. The van der Waals surface area contributed by atoms with E-state index in [9.17, 15) is 0 Å². The van der Waals surface area contributed by atoms with Crippen LogP contribution in [0.25, 0.3) is 5.57 Å². The smallest absolute Gasteiger partial charge is 0.493 e. The van der Waals surface area contributed by atoms with Crippen LogP contribution in [0.2, 0.25) is 0 Å². The van der Waals surface area contributed by atoms with Crippen molar-refractivity contribution in [2.75, 3.05) is 6.61 Å². The minimum atomic E-state index is -0.996. The van der Waals surface area contributed by atoms with Gasteiger partial charge in [-0.2, -0.15) is 0 Å². The standard InChI is InChI=1S/C21H26BFO3S/c1-15-11-12-18(27-15)17(13-14-24-16-9-7-6-8-10-16)19(23)22-25-20(2,3)21(4,5)26-22/h6-12H,13-14H2,1-5H3. The average molecular weight is 388 g/mol. The first-order valence-electron chi connectivity index (χ1n) is 9.18. The molecule has 6 heteroatoms. The molecule has 1 aliphatic rings. The van der Waals surface area contributed by atoms with E-state index in [2.05, 4.69) is 0 Å². The lowest BCUT2D eigenvalue weighted by Crippen LogP contribution is -2.41. The van der Waals surface area contributed by atoms with Crippen LogP contribution in [0.3, 0.4) is 0 Å². The molecular formula is C21H26BFO3S. The summed E-state index contributed by atoms with van der Waals surface area (Å²) in [5, 5.41) is 0. The van der Waals surface area contributed by atoms with Crippen molar-refractivity contribution in [2.45, 2.75) is 52.2 Å². The number of ether oxygens (including phenoxy) is 1. The van der Waals surface area contributed by atoms with Crippen LogP contribution in [0.5, 0.6) is 5.75 Å². The summed E-state index contributed by atoms with van der Waals surface area (Å²) < 4.78 is 33.1. The van der Waals surface area contributed by atoms with Crippen molar-refractivity contribution in [3.8, 4) is 5.75 Å². The zero-order valence-electron chi connectivity index (χ0n) is 16.5. The monoisotopic (exact) mass is 388 g/mol. The Morgan fingerprint density at radius 1 is 1.04 bits per heavy atom. The minimum absolute atomic E-state index is 0.368. The summed E-state index contributed by atoms with van der Waals surface area (Å²) in [5.41, 5.74) is -0.937. The van der Waals surface area contributed by atoms with Crippen molar-refractivity contribution in [3.05, 3.63) is 57.9 Å². The van der Waals surface area contributed by atoms with Crippen LogP contribution in [0, 0.1) is 6.92 Å². The Morgan fingerprint density at radius 2 is 1.67 bits per heavy atom. The fourth-order valence-electron chi connectivity index (χ4n) is 2.83. The third-order valence-electron chi connectivity index (χ3n) is 5.15. The van der Waals surface area contributed by atoms with Crippen LogP contribution in [0.4, 0.5) is 4.39 Å². The van der Waals surface area contributed by atoms with E-state index in [0.717, 1.165) is 15.5 Å². The van der Waals surface area contributed by atoms with E-state index in [-0.39, 0.29) is 5.73 Å². The van der Waals surface area contributed by atoms with Crippen molar-refractivity contribution < 1.29 is 18.4 Å². The van der Waals surface area contributed by atoms with E-state index in [1.165, 1.54) is 0 Å². The molecule has 0 N–H and O–H groups in total. The van der Waals surface area contributed by atoms with Gasteiger partial charge >= 0.3 is 7.12 Å². The van der Waals surface area contributed by atoms with Gasteiger partial charge in [0.1, 0.15) is 11.5 Å². The molecule has 0 amide bonds. The molecule has 0 atom stereocenters. The van der Waals surface area contributed by atoms with E-state index in [4.69, 9.17) is 14.0 Å². The Morgan fingerprint density at radius 3 is 2.22 bits per heavy atom. The average Bonchev–Trinajstić information content (AvgIpc) is 3.12. The van der Waals surface area contributed by atoms with Gasteiger partial charge in [-0.25, -0.2) is 4.39 Å². The van der Waals surface area contributed by atoms with Crippen LogP contribution in [0.1, 0.15) is 43.9 Å². The van der Waals surface area contributed by atoms with Crippen molar-refractivity contribution in [1.29, 1.82) is 0 Å². The van der Waals surface area contributed by atoms with E-state index >= 15 is 4.39 Å². The molecule has 0 unspecified atom stereocenters. The van der Waals surface area contributed by atoms with Gasteiger partial charge in [0.2, 0.25) is 0 Å². The van der Waals surface area contributed by atoms with Crippen LogP contribution < -0.4 is 4.74 Å². The molecule has 1 aliphatic heterocycles. The summed E-state index contributed by atoms with van der Waals surface area (Å²) in [6, 6.07) is 13.5. The van der Waals surface area contributed by atoms with Gasteiger partial charge in [0.25, 0.3) is 0 Å². The second-order valence-electron chi connectivity index (χ2n) is 7.74. The Labute approximate surface area is 165 Å². The van der Waals surface area contributed by atoms with Gasteiger partial charge in [0.15, 0.2) is 0 Å². The van der Waals surface area contributed by atoms with Gasteiger partial charge in [-0.1, -0.05) is 18.2 Å². The highest BCUT2D eigenvalue weighted by Crippen LogP contribution is 2.41. The SMILES string of the molecule is Cc1ccc(C(CCOc2ccccc2)=C(F)B2OC(C)(C)C(C)(C)O2)s1. The fourth-order valence-corrected chi connectivity index (χ4v) is 3.78. The van der Waals surface area contributed by atoms with Crippen LogP contribution in [0.15, 0.2) is 48.2 Å². The summed E-state index contributed by atoms with van der Waals surface area (Å²) >= 11 is 1.56. The number of halogens is 1. The van der Waals surface area contributed by atoms with Gasteiger partial charge in [-0.15, -0.1) is 11.3 Å². The second-order valence-corrected chi connectivity index (χ2v) is 9.02. The zero-order chi connectivity index (χ0) is 19.7. The first kappa shape index (κ1) is 20.1. The quantitative estimate of drug-likeness (QED) is 0.582. The molecule has 3 nitrogen and oxygen atoms in total.